The van der Waals surface area contributed by atoms with Crippen LogP contribution in [0.15, 0.2) is 79.1 Å². The van der Waals surface area contributed by atoms with E-state index in [0.29, 0.717) is 44.9 Å². The standard InChI is InChI=1S/C33H30FN7O3S/c1-21-9-10-25-26(11-12-28(34)30(25)41-45(42,43)20-23-6-2-5-22(17-23)18-35)31(21)44-32-27(8-4-15-37-32)29-13-16-38-33(40-29)39-24-7-3-14-36-19-24/h2,4-6,8-13,15-17,24,36,41H,3,7,14,19-20H2,1H3,(H,38,39,40). The number of aromatic nitrogens is 3. The van der Waals surface area contributed by atoms with Gasteiger partial charge >= 0.3 is 0 Å². The van der Waals surface area contributed by atoms with Gasteiger partial charge in [-0.3, -0.25) is 4.72 Å². The number of nitrogens with zero attached hydrogens (tertiary/aromatic N) is 4. The van der Waals surface area contributed by atoms with E-state index >= 15 is 4.39 Å². The van der Waals surface area contributed by atoms with Crippen molar-refractivity contribution in [1.82, 2.24) is 20.3 Å². The molecule has 0 bridgehead atoms. The van der Waals surface area contributed by atoms with Gasteiger partial charge in [0.2, 0.25) is 21.9 Å². The number of sulfonamides is 1. The van der Waals surface area contributed by atoms with Gasteiger partial charge in [0.05, 0.1) is 34.3 Å². The van der Waals surface area contributed by atoms with Crippen LogP contribution < -0.4 is 20.1 Å². The highest BCUT2D eigenvalue weighted by Gasteiger charge is 2.21. The molecular formula is C33H30FN7O3S. The average molecular weight is 624 g/mol. The van der Waals surface area contributed by atoms with Crippen LogP contribution in [0.25, 0.3) is 22.0 Å². The first kappa shape index (κ1) is 29.9. The lowest BCUT2D eigenvalue weighted by atomic mass is 10.0. The molecule has 3 heterocycles. The predicted molar refractivity (Wildman–Crippen MR) is 171 cm³/mol. The summed E-state index contributed by atoms with van der Waals surface area (Å²) >= 11 is 0. The number of nitrogens with one attached hydrogen (secondary N) is 3. The summed E-state index contributed by atoms with van der Waals surface area (Å²) in [6.45, 7) is 3.68. The molecule has 1 aliphatic heterocycles. The lowest BCUT2D eigenvalue weighted by Crippen LogP contribution is -2.38. The van der Waals surface area contributed by atoms with Gasteiger partial charge in [-0.15, -0.1) is 0 Å². The lowest BCUT2D eigenvalue weighted by molar-refractivity contribution is 0.466. The topological polar surface area (TPSA) is 142 Å². The van der Waals surface area contributed by atoms with E-state index in [1.54, 1.807) is 60.9 Å². The SMILES string of the molecule is Cc1ccc2c(NS(=O)(=O)Cc3cccc(C#N)c3)c(F)ccc2c1Oc1ncccc1-c1ccnc(NC2CCCNC2)n1. The molecule has 12 heteroatoms. The van der Waals surface area contributed by atoms with Gasteiger partial charge in [0.1, 0.15) is 11.6 Å². The van der Waals surface area contributed by atoms with Crippen molar-refractivity contribution in [3.05, 3.63) is 102 Å². The number of rotatable bonds is 9. The molecular weight excluding hydrogens is 593 g/mol. The zero-order valence-corrected chi connectivity index (χ0v) is 25.2. The lowest BCUT2D eigenvalue weighted by Gasteiger charge is -2.23. The molecule has 45 heavy (non-hydrogen) atoms. The third-order valence-corrected chi connectivity index (χ3v) is 8.73. The molecule has 0 spiro atoms. The summed E-state index contributed by atoms with van der Waals surface area (Å²) in [5.74, 6) is 0.0115. The number of hydrogen-bond acceptors (Lipinski definition) is 9. The van der Waals surface area contributed by atoms with E-state index in [9.17, 15) is 8.42 Å². The van der Waals surface area contributed by atoms with Crippen molar-refractivity contribution < 1.29 is 17.5 Å². The van der Waals surface area contributed by atoms with Crippen molar-refractivity contribution in [3.63, 3.8) is 0 Å². The van der Waals surface area contributed by atoms with E-state index in [-0.39, 0.29) is 17.6 Å². The predicted octanol–water partition coefficient (Wildman–Crippen LogP) is 5.91. The molecule has 1 fully saturated rings. The van der Waals surface area contributed by atoms with Gasteiger partial charge in [-0.25, -0.2) is 27.8 Å². The second-order valence-electron chi connectivity index (χ2n) is 10.8. The first-order valence-corrected chi connectivity index (χ1v) is 16.1. The van der Waals surface area contributed by atoms with Crippen molar-refractivity contribution in [3.8, 4) is 29.0 Å². The average Bonchev–Trinajstić information content (AvgIpc) is 3.04. The Hall–Kier alpha value is -5.12. The summed E-state index contributed by atoms with van der Waals surface area (Å²) < 4.78 is 50.3. The second kappa shape index (κ2) is 12.9. The van der Waals surface area contributed by atoms with Gasteiger partial charge in [0.15, 0.2) is 0 Å². The highest BCUT2D eigenvalue weighted by atomic mass is 32.2. The molecule has 2 aromatic heterocycles. The largest absolute Gasteiger partial charge is 0.437 e. The Kier molecular flexibility index (Phi) is 8.55. The van der Waals surface area contributed by atoms with Crippen LogP contribution in [0, 0.1) is 24.1 Å². The Balaban J connectivity index is 1.32. The highest BCUT2D eigenvalue weighted by Crippen LogP contribution is 2.39. The number of aryl methyl sites for hydroxylation is 1. The fraction of sp³-hybridized carbons (Fsp3) is 0.212. The minimum absolute atomic E-state index is 0.196. The Labute approximate surface area is 260 Å². The van der Waals surface area contributed by atoms with Crippen LogP contribution in [0.1, 0.15) is 29.5 Å². The Morgan fingerprint density at radius 1 is 1.07 bits per heavy atom. The van der Waals surface area contributed by atoms with E-state index in [1.165, 1.54) is 12.1 Å². The molecule has 228 valence electrons. The quantitative estimate of drug-likeness (QED) is 0.183. The number of ether oxygens (including phenoxy) is 1. The van der Waals surface area contributed by atoms with E-state index < -0.39 is 21.6 Å². The number of benzene rings is 3. The van der Waals surface area contributed by atoms with Gasteiger partial charge in [-0.2, -0.15) is 5.26 Å². The van der Waals surface area contributed by atoms with Gasteiger partial charge in [0, 0.05) is 35.8 Å². The molecule has 3 N–H and O–H groups in total. The maximum Gasteiger partial charge on any atom is 0.237 e. The van der Waals surface area contributed by atoms with E-state index in [4.69, 9.17) is 15.0 Å². The van der Waals surface area contributed by atoms with Crippen LogP contribution in [0.5, 0.6) is 11.6 Å². The normalized spacial score (nSPS) is 14.9. The zero-order chi connectivity index (χ0) is 31.4. The molecule has 1 atom stereocenters. The van der Waals surface area contributed by atoms with Crippen molar-refractivity contribution in [2.45, 2.75) is 31.6 Å². The van der Waals surface area contributed by atoms with Crippen LogP contribution >= 0.6 is 0 Å². The number of piperidine rings is 1. The summed E-state index contributed by atoms with van der Waals surface area (Å²) in [6.07, 6.45) is 5.38. The van der Waals surface area contributed by atoms with E-state index in [2.05, 4.69) is 25.3 Å². The summed E-state index contributed by atoms with van der Waals surface area (Å²) in [5, 5.41) is 16.7. The molecule has 1 saturated heterocycles. The summed E-state index contributed by atoms with van der Waals surface area (Å²) in [6, 6.07) is 20.0. The molecule has 3 aromatic carbocycles. The molecule has 1 aliphatic rings. The van der Waals surface area contributed by atoms with Crippen molar-refractivity contribution in [2.24, 2.45) is 0 Å². The van der Waals surface area contributed by atoms with E-state index in [0.717, 1.165) is 31.5 Å². The first-order chi connectivity index (χ1) is 21.8. The molecule has 0 amide bonds. The van der Waals surface area contributed by atoms with Gasteiger partial charge < -0.3 is 15.4 Å². The first-order valence-electron chi connectivity index (χ1n) is 14.4. The van der Waals surface area contributed by atoms with Crippen molar-refractivity contribution in [1.29, 1.82) is 5.26 Å². The monoisotopic (exact) mass is 623 g/mol. The fourth-order valence-electron chi connectivity index (χ4n) is 5.34. The molecule has 1 unspecified atom stereocenters. The van der Waals surface area contributed by atoms with Crippen LogP contribution in [-0.4, -0.2) is 42.5 Å². The molecule has 0 saturated carbocycles. The number of fused-ring (bicyclic) bond motifs is 1. The minimum atomic E-state index is -4.04. The number of nitriles is 1. The summed E-state index contributed by atoms with van der Waals surface area (Å²) in [5.41, 5.74) is 2.52. The number of anilines is 2. The Morgan fingerprint density at radius 2 is 1.93 bits per heavy atom. The molecule has 0 radical (unpaired) electrons. The number of halogens is 1. The van der Waals surface area contributed by atoms with Crippen LogP contribution in [0.4, 0.5) is 16.0 Å². The summed E-state index contributed by atoms with van der Waals surface area (Å²) in [4.78, 5) is 13.6. The van der Waals surface area contributed by atoms with Crippen molar-refractivity contribution in [2.75, 3.05) is 23.1 Å². The number of hydrogen-bond donors (Lipinski definition) is 3. The fourth-order valence-corrected chi connectivity index (χ4v) is 6.55. The molecule has 6 rings (SSSR count). The van der Waals surface area contributed by atoms with Gasteiger partial charge in [-0.1, -0.05) is 24.3 Å². The summed E-state index contributed by atoms with van der Waals surface area (Å²) in [7, 11) is -4.04. The maximum atomic E-state index is 15.2. The van der Waals surface area contributed by atoms with Crippen LogP contribution in [0.3, 0.4) is 0 Å². The second-order valence-corrected chi connectivity index (χ2v) is 12.5. The van der Waals surface area contributed by atoms with Crippen molar-refractivity contribution >= 4 is 32.4 Å². The van der Waals surface area contributed by atoms with Crippen LogP contribution in [-0.2, 0) is 15.8 Å². The molecule has 0 aliphatic carbocycles. The minimum Gasteiger partial charge on any atom is -0.437 e. The third kappa shape index (κ3) is 6.85. The van der Waals surface area contributed by atoms with E-state index in [1.807, 2.05) is 19.1 Å². The Bertz CT molecular complexity index is 2030. The smallest absolute Gasteiger partial charge is 0.237 e. The van der Waals surface area contributed by atoms with Crippen LogP contribution in [0.2, 0.25) is 0 Å². The highest BCUT2D eigenvalue weighted by molar-refractivity contribution is 7.91. The van der Waals surface area contributed by atoms with Gasteiger partial charge in [0.25, 0.3) is 0 Å². The molecule has 10 nitrogen and oxygen atoms in total. The zero-order valence-electron chi connectivity index (χ0n) is 24.4. The third-order valence-electron chi connectivity index (χ3n) is 7.50. The Morgan fingerprint density at radius 3 is 2.76 bits per heavy atom. The number of pyridine rings is 1. The maximum absolute atomic E-state index is 15.2. The van der Waals surface area contributed by atoms with Gasteiger partial charge in [-0.05, 0) is 79.9 Å². The molecule has 5 aromatic rings.